The highest BCUT2D eigenvalue weighted by Crippen LogP contribution is 2.28. The monoisotopic (exact) mass is 204 g/mol. The molecule has 0 saturated carbocycles. The van der Waals surface area contributed by atoms with Crippen LogP contribution in [0.4, 0.5) is 0 Å². The fourth-order valence-electron chi connectivity index (χ4n) is 1.74. The standard InChI is InChI=1S/C13H16O2/c1-10(2)11-4-3-5-12(8-11)13-9-14-6-7-15-13/h4,6-10H,3,5H2,1-2H3. The van der Waals surface area contributed by atoms with Gasteiger partial charge in [0.25, 0.3) is 0 Å². The van der Waals surface area contributed by atoms with E-state index in [4.69, 9.17) is 9.47 Å². The van der Waals surface area contributed by atoms with E-state index in [1.54, 1.807) is 12.5 Å². The van der Waals surface area contributed by atoms with Crippen LogP contribution in [0.5, 0.6) is 0 Å². The van der Waals surface area contributed by atoms with Crippen LogP contribution in [0.15, 0.2) is 47.8 Å². The highest BCUT2D eigenvalue weighted by molar-refractivity contribution is 5.38. The fraction of sp³-hybridized carbons (Fsp3) is 0.385. The van der Waals surface area contributed by atoms with Crippen LogP contribution in [0.3, 0.4) is 0 Å². The SMILES string of the molecule is CC(C)C1=CCCC(C2=COC=CO2)=C1. The Labute approximate surface area is 90.6 Å². The Kier molecular flexibility index (Phi) is 2.95. The predicted octanol–water partition coefficient (Wildman–Crippen LogP) is 3.65. The highest BCUT2D eigenvalue weighted by Gasteiger charge is 2.14. The van der Waals surface area contributed by atoms with Gasteiger partial charge in [-0.2, -0.15) is 0 Å². The van der Waals surface area contributed by atoms with Crippen molar-refractivity contribution >= 4 is 0 Å². The van der Waals surface area contributed by atoms with Crippen LogP contribution < -0.4 is 0 Å². The fourth-order valence-corrected chi connectivity index (χ4v) is 1.74. The molecule has 1 aliphatic carbocycles. The summed E-state index contributed by atoms with van der Waals surface area (Å²) in [6.07, 6.45) is 11.4. The van der Waals surface area contributed by atoms with E-state index < -0.39 is 0 Å². The van der Waals surface area contributed by atoms with Gasteiger partial charge in [0.05, 0.1) is 0 Å². The van der Waals surface area contributed by atoms with Gasteiger partial charge < -0.3 is 9.47 Å². The van der Waals surface area contributed by atoms with Crippen molar-refractivity contribution in [1.29, 1.82) is 0 Å². The maximum atomic E-state index is 5.41. The summed E-state index contributed by atoms with van der Waals surface area (Å²) in [5.41, 5.74) is 2.61. The zero-order chi connectivity index (χ0) is 10.7. The maximum Gasteiger partial charge on any atom is 0.164 e. The third kappa shape index (κ3) is 2.32. The van der Waals surface area contributed by atoms with Crippen molar-refractivity contribution in [2.24, 2.45) is 5.92 Å². The Bertz CT molecular complexity index is 357. The Morgan fingerprint density at radius 3 is 2.80 bits per heavy atom. The van der Waals surface area contributed by atoms with Gasteiger partial charge in [0.1, 0.15) is 18.8 Å². The molecule has 0 aromatic rings. The average Bonchev–Trinajstić information content (AvgIpc) is 2.30. The van der Waals surface area contributed by atoms with Crippen molar-refractivity contribution in [3.63, 3.8) is 0 Å². The van der Waals surface area contributed by atoms with E-state index in [0.29, 0.717) is 5.92 Å². The van der Waals surface area contributed by atoms with Crippen LogP contribution in [-0.4, -0.2) is 0 Å². The third-order valence-corrected chi connectivity index (χ3v) is 2.62. The Hall–Kier alpha value is -1.44. The van der Waals surface area contributed by atoms with Gasteiger partial charge >= 0.3 is 0 Å². The van der Waals surface area contributed by atoms with E-state index >= 15 is 0 Å². The number of rotatable bonds is 2. The Morgan fingerprint density at radius 1 is 1.27 bits per heavy atom. The molecule has 0 N–H and O–H groups in total. The normalized spacial score (nSPS) is 20.1. The minimum Gasteiger partial charge on any atom is -0.466 e. The van der Waals surface area contributed by atoms with E-state index in [9.17, 15) is 0 Å². The van der Waals surface area contributed by atoms with Crippen LogP contribution in [0, 0.1) is 5.92 Å². The van der Waals surface area contributed by atoms with Gasteiger partial charge in [-0.1, -0.05) is 26.0 Å². The summed E-state index contributed by atoms with van der Waals surface area (Å²) in [6.45, 7) is 4.41. The lowest BCUT2D eigenvalue weighted by Crippen LogP contribution is -2.03. The van der Waals surface area contributed by atoms with Crippen LogP contribution in [0.2, 0.25) is 0 Å². The number of ether oxygens (including phenoxy) is 2. The summed E-state index contributed by atoms with van der Waals surface area (Å²) in [6, 6.07) is 0. The molecule has 1 heterocycles. The molecule has 0 unspecified atom stereocenters. The molecule has 0 bridgehead atoms. The summed E-state index contributed by atoms with van der Waals surface area (Å²) >= 11 is 0. The van der Waals surface area contributed by atoms with Crippen LogP contribution in [0.1, 0.15) is 26.7 Å². The topological polar surface area (TPSA) is 18.5 Å². The molecule has 0 fully saturated rings. The quantitative estimate of drug-likeness (QED) is 0.683. The Morgan fingerprint density at radius 2 is 2.13 bits per heavy atom. The molecule has 0 saturated heterocycles. The molecule has 0 radical (unpaired) electrons. The van der Waals surface area contributed by atoms with E-state index in [-0.39, 0.29) is 0 Å². The van der Waals surface area contributed by atoms with E-state index in [1.165, 1.54) is 17.4 Å². The van der Waals surface area contributed by atoms with Gasteiger partial charge in [0, 0.05) is 0 Å². The molecule has 2 aliphatic rings. The summed E-state index contributed by atoms with van der Waals surface area (Å²) in [5.74, 6) is 1.41. The third-order valence-electron chi connectivity index (χ3n) is 2.62. The highest BCUT2D eigenvalue weighted by atomic mass is 16.5. The second-order valence-electron chi connectivity index (χ2n) is 4.08. The molecule has 1 aliphatic heterocycles. The molecular formula is C13H16O2. The maximum absolute atomic E-state index is 5.41. The van der Waals surface area contributed by atoms with Gasteiger partial charge in [-0.3, -0.25) is 0 Å². The molecular weight excluding hydrogens is 188 g/mol. The first-order chi connectivity index (χ1) is 7.27. The lowest BCUT2D eigenvalue weighted by atomic mass is 9.92. The lowest BCUT2D eigenvalue weighted by Gasteiger charge is -2.18. The zero-order valence-electron chi connectivity index (χ0n) is 9.19. The summed E-state index contributed by atoms with van der Waals surface area (Å²) in [5, 5.41) is 0. The molecule has 0 aromatic carbocycles. The van der Waals surface area contributed by atoms with Crippen molar-refractivity contribution in [3.8, 4) is 0 Å². The predicted molar refractivity (Wildman–Crippen MR) is 59.6 cm³/mol. The van der Waals surface area contributed by atoms with Crippen molar-refractivity contribution in [2.45, 2.75) is 26.7 Å². The molecule has 2 nitrogen and oxygen atoms in total. The first-order valence-corrected chi connectivity index (χ1v) is 5.35. The second kappa shape index (κ2) is 4.39. The number of hydrogen-bond donors (Lipinski definition) is 0. The van der Waals surface area contributed by atoms with Crippen molar-refractivity contribution in [3.05, 3.63) is 47.8 Å². The largest absolute Gasteiger partial charge is 0.466 e. The average molecular weight is 204 g/mol. The Balaban J connectivity index is 2.16. The molecule has 0 aromatic heterocycles. The summed E-state index contributed by atoms with van der Waals surface area (Å²) < 4.78 is 10.5. The number of hydrogen-bond acceptors (Lipinski definition) is 2. The van der Waals surface area contributed by atoms with Gasteiger partial charge in [-0.05, 0) is 29.9 Å². The second-order valence-corrected chi connectivity index (χ2v) is 4.08. The summed E-state index contributed by atoms with van der Waals surface area (Å²) in [4.78, 5) is 0. The van der Waals surface area contributed by atoms with Gasteiger partial charge in [-0.15, -0.1) is 0 Å². The van der Waals surface area contributed by atoms with E-state index in [1.807, 2.05) is 0 Å². The van der Waals surface area contributed by atoms with Crippen LogP contribution >= 0.6 is 0 Å². The molecule has 0 spiro atoms. The minimum absolute atomic E-state index is 0.570. The van der Waals surface area contributed by atoms with Crippen LogP contribution in [-0.2, 0) is 9.47 Å². The first kappa shape index (κ1) is 10.1. The van der Waals surface area contributed by atoms with Crippen molar-refractivity contribution in [2.75, 3.05) is 0 Å². The smallest absolute Gasteiger partial charge is 0.164 e. The molecule has 15 heavy (non-hydrogen) atoms. The molecule has 2 heteroatoms. The van der Waals surface area contributed by atoms with Crippen molar-refractivity contribution in [1.82, 2.24) is 0 Å². The van der Waals surface area contributed by atoms with Gasteiger partial charge in [0.2, 0.25) is 0 Å². The zero-order valence-corrected chi connectivity index (χ0v) is 9.19. The number of allylic oxidation sites excluding steroid dienone is 4. The van der Waals surface area contributed by atoms with Crippen molar-refractivity contribution < 1.29 is 9.47 Å². The summed E-state index contributed by atoms with van der Waals surface area (Å²) in [7, 11) is 0. The van der Waals surface area contributed by atoms with Gasteiger partial charge in [-0.25, -0.2) is 0 Å². The molecule has 2 rings (SSSR count). The van der Waals surface area contributed by atoms with E-state index in [2.05, 4.69) is 26.0 Å². The lowest BCUT2D eigenvalue weighted by molar-refractivity contribution is 0.262. The minimum atomic E-state index is 0.570. The van der Waals surface area contributed by atoms with E-state index in [0.717, 1.165) is 18.6 Å². The molecule has 0 atom stereocenters. The van der Waals surface area contributed by atoms with Gasteiger partial charge in [0.15, 0.2) is 5.76 Å². The first-order valence-electron chi connectivity index (χ1n) is 5.35. The van der Waals surface area contributed by atoms with Crippen LogP contribution in [0.25, 0.3) is 0 Å². The molecule has 0 amide bonds. The molecule has 80 valence electrons.